The summed E-state index contributed by atoms with van der Waals surface area (Å²) in [6.07, 6.45) is 1.000. The first-order valence-corrected chi connectivity index (χ1v) is 11.3. The van der Waals surface area contributed by atoms with Gasteiger partial charge in [0.1, 0.15) is 18.2 Å². The van der Waals surface area contributed by atoms with Gasteiger partial charge in [-0.25, -0.2) is 4.98 Å². The molecule has 7 heteroatoms. The summed E-state index contributed by atoms with van der Waals surface area (Å²) in [4.78, 5) is 17.5. The van der Waals surface area contributed by atoms with Crippen molar-refractivity contribution >= 4 is 16.9 Å². The van der Waals surface area contributed by atoms with Gasteiger partial charge in [0.2, 0.25) is 0 Å². The van der Waals surface area contributed by atoms with Crippen LogP contribution in [0.15, 0.2) is 66.7 Å². The second kappa shape index (κ2) is 10.7. The van der Waals surface area contributed by atoms with Gasteiger partial charge in [0, 0.05) is 5.56 Å². The molecule has 0 radical (unpaired) electrons. The minimum Gasteiger partial charge on any atom is -0.493 e. The van der Waals surface area contributed by atoms with E-state index in [9.17, 15) is 4.79 Å². The van der Waals surface area contributed by atoms with E-state index in [2.05, 4.69) is 28.9 Å². The molecular formula is C27H29N3O4. The average Bonchev–Trinajstić information content (AvgIpc) is 3.24. The number of carbonyl (C=O) groups is 1. The smallest absolute Gasteiger partial charge is 0.251 e. The molecule has 7 nitrogen and oxygen atoms in total. The molecule has 0 saturated carbocycles. The highest BCUT2D eigenvalue weighted by Gasteiger charge is 2.14. The molecule has 0 bridgehead atoms. The Morgan fingerprint density at radius 2 is 1.74 bits per heavy atom. The zero-order chi connectivity index (χ0) is 23.9. The normalized spacial score (nSPS) is 10.8. The number of aromatic nitrogens is 2. The summed E-state index contributed by atoms with van der Waals surface area (Å²) in [7, 11) is 3.11. The van der Waals surface area contributed by atoms with E-state index in [4.69, 9.17) is 19.2 Å². The van der Waals surface area contributed by atoms with Gasteiger partial charge in [0.05, 0.1) is 38.3 Å². The summed E-state index contributed by atoms with van der Waals surface area (Å²) in [5.74, 6) is 2.47. The Bertz CT molecular complexity index is 1260. The van der Waals surface area contributed by atoms with Gasteiger partial charge in [-0.3, -0.25) is 4.79 Å². The number of para-hydroxylation sites is 2. The van der Waals surface area contributed by atoms with E-state index in [0.29, 0.717) is 30.2 Å². The first kappa shape index (κ1) is 23.2. The number of ether oxygens (including phenoxy) is 3. The summed E-state index contributed by atoms with van der Waals surface area (Å²) in [6.45, 7) is 3.51. The Morgan fingerprint density at radius 1 is 0.971 bits per heavy atom. The minimum atomic E-state index is -0.216. The van der Waals surface area contributed by atoms with Gasteiger partial charge in [-0.1, -0.05) is 31.2 Å². The molecule has 176 valence electrons. The SMILES string of the molecule is CCc1ccc(OCCn2c(CNC(=O)c3ccc(OC)c(OC)c3)nc3ccccc32)cc1. The molecule has 0 aliphatic heterocycles. The molecular weight excluding hydrogens is 430 g/mol. The highest BCUT2D eigenvalue weighted by Crippen LogP contribution is 2.27. The lowest BCUT2D eigenvalue weighted by atomic mass is 10.2. The molecule has 0 unspecified atom stereocenters. The fraction of sp³-hybridized carbons (Fsp3) is 0.259. The van der Waals surface area contributed by atoms with Crippen LogP contribution in [0, 0.1) is 0 Å². The number of rotatable bonds is 10. The Kier molecular flexibility index (Phi) is 7.32. The van der Waals surface area contributed by atoms with E-state index in [1.807, 2.05) is 36.4 Å². The highest BCUT2D eigenvalue weighted by molar-refractivity contribution is 5.94. The van der Waals surface area contributed by atoms with Crippen LogP contribution < -0.4 is 19.5 Å². The molecule has 1 N–H and O–H groups in total. The third-order valence-corrected chi connectivity index (χ3v) is 5.70. The Balaban J connectivity index is 1.46. The van der Waals surface area contributed by atoms with E-state index in [0.717, 1.165) is 29.0 Å². The van der Waals surface area contributed by atoms with Crippen molar-refractivity contribution in [3.8, 4) is 17.2 Å². The Morgan fingerprint density at radius 3 is 2.47 bits per heavy atom. The first-order valence-electron chi connectivity index (χ1n) is 11.3. The summed E-state index contributed by atoms with van der Waals surface area (Å²) >= 11 is 0. The lowest BCUT2D eigenvalue weighted by Gasteiger charge is -2.12. The maximum absolute atomic E-state index is 12.8. The highest BCUT2D eigenvalue weighted by atomic mass is 16.5. The molecule has 0 spiro atoms. The maximum Gasteiger partial charge on any atom is 0.251 e. The van der Waals surface area contributed by atoms with Crippen LogP contribution in [0.2, 0.25) is 0 Å². The van der Waals surface area contributed by atoms with Crippen molar-refractivity contribution in [2.75, 3.05) is 20.8 Å². The van der Waals surface area contributed by atoms with E-state index < -0.39 is 0 Å². The van der Waals surface area contributed by atoms with Crippen molar-refractivity contribution in [2.45, 2.75) is 26.4 Å². The molecule has 0 aliphatic carbocycles. The lowest BCUT2D eigenvalue weighted by molar-refractivity contribution is 0.0949. The van der Waals surface area contributed by atoms with Crippen LogP contribution in [0.5, 0.6) is 17.2 Å². The van der Waals surface area contributed by atoms with Crippen LogP contribution in [-0.4, -0.2) is 36.3 Å². The lowest BCUT2D eigenvalue weighted by Crippen LogP contribution is -2.25. The van der Waals surface area contributed by atoms with Crippen LogP contribution >= 0.6 is 0 Å². The number of aryl methyl sites for hydroxylation is 1. The summed E-state index contributed by atoms with van der Waals surface area (Å²) in [5.41, 5.74) is 3.65. The molecule has 0 atom stereocenters. The van der Waals surface area contributed by atoms with Crippen molar-refractivity contribution < 1.29 is 19.0 Å². The van der Waals surface area contributed by atoms with Gasteiger partial charge in [0.15, 0.2) is 11.5 Å². The molecule has 1 aromatic heterocycles. The monoisotopic (exact) mass is 459 g/mol. The largest absolute Gasteiger partial charge is 0.493 e. The fourth-order valence-corrected chi connectivity index (χ4v) is 3.82. The molecule has 34 heavy (non-hydrogen) atoms. The number of fused-ring (bicyclic) bond motifs is 1. The van der Waals surface area contributed by atoms with Crippen molar-refractivity contribution in [1.29, 1.82) is 0 Å². The van der Waals surface area contributed by atoms with E-state index in [1.165, 1.54) is 5.56 Å². The Hall–Kier alpha value is -4.00. The molecule has 1 heterocycles. The van der Waals surface area contributed by atoms with E-state index in [1.54, 1.807) is 32.4 Å². The van der Waals surface area contributed by atoms with Crippen molar-refractivity contribution in [3.05, 3.63) is 83.7 Å². The minimum absolute atomic E-state index is 0.216. The van der Waals surface area contributed by atoms with Crippen LogP contribution in [0.4, 0.5) is 0 Å². The first-order chi connectivity index (χ1) is 16.6. The van der Waals surface area contributed by atoms with Gasteiger partial charge in [-0.05, 0) is 54.4 Å². The van der Waals surface area contributed by atoms with Gasteiger partial charge in [-0.15, -0.1) is 0 Å². The fourth-order valence-electron chi connectivity index (χ4n) is 3.82. The number of methoxy groups -OCH3 is 2. The quantitative estimate of drug-likeness (QED) is 0.374. The molecule has 3 aromatic carbocycles. The predicted molar refractivity (Wildman–Crippen MR) is 132 cm³/mol. The topological polar surface area (TPSA) is 74.6 Å². The summed E-state index contributed by atoms with van der Waals surface area (Å²) in [5, 5.41) is 2.97. The van der Waals surface area contributed by atoms with Crippen LogP contribution in [-0.2, 0) is 19.5 Å². The molecule has 0 fully saturated rings. The Labute approximate surface area is 199 Å². The van der Waals surface area contributed by atoms with Gasteiger partial charge in [0.25, 0.3) is 5.91 Å². The number of hydrogen-bond donors (Lipinski definition) is 1. The molecule has 4 aromatic rings. The number of amides is 1. The zero-order valence-electron chi connectivity index (χ0n) is 19.7. The second-order valence-corrected chi connectivity index (χ2v) is 7.77. The van der Waals surface area contributed by atoms with Crippen LogP contribution in [0.25, 0.3) is 11.0 Å². The number of nitrogens with one attached hydrogen (secondary N) is 1. The van der Waals surface area contributed by atoms with Crippen LogP contribution in [0.3, 0.4) is 0 Å². The van der Waals surface area contributed by atoms with Gasteiger partial charge in [-0.2, -0.15) is 0 Å². The van der Waals surface area contributed by atoms with Crippen molar-refractivity contribution in [3.63, 3.8) is 0 Å². The summed E-state index contributed by atoms with van der Waals surface area (Å²) < 4.78 is 18.6. The van der Waals surface area contributed by atoms with Gasteiger partial charge < -0.3 is 24.1 Å². The summed E-state index contributed by atoms with van der Waals surface area (Å²) in [6, 6.07) is 21.2. The number of imidazole rings is 1. The zero-order valence-corrected chi connectivity index (χ0v) is 19.7. The predicted octanol–water partition coefficient (Wildman–Crippen LogP) is 4.62. The number of hydrogen-bond acceptors (Lipinski definition) is 5. The average molecular weight is 460 g/mol. The molecule has 1 amide bonds. The maximum atomic E-state index is 12.8. The number of nitrogens with zero attached hydrogens (tertiary/aromatic N) is 2. The van der Waals surface area contributed by atoms with Crippen LogP contribution in [0.1, 0.15) is 28.7 Å². The van der Waals surface area contributed by atoms with E-state index >= 15 is 0 Å². The number of carbonyl (C=O) groups excluding carboxylic acids is 1. The molecule has 0 saturated heterocycles. The van der Waals surface area contributed by atoms with Crippen molar-refractivity contribution in [1.82, 2.24) is 14.9 Å². The van der Waals surface area contributed by atoms with E-state index in [-0.39, 0.29) is 12.5 Å². The number of benzene rings is 3. The van der Waals surface area contributed by atoms with Crippen molar-refractivity contribution in [2.24, 2.45) is 0 Å². The molecule has 0 aliphatic rings. The second-order valence-electron chi connectivity index (χ2n) is 7.77. The molecule has 4 rings (SSSR count). The third-order valence-electron chi connectivity index (χ3n) is 5.70. The van der Waals surface area contributed by atoms with Gasteiger partial charge >= 0.3 is 0 Å². The standard InChI is InChI=1S/C27H29N3O4/c1-4-19-9-12-21(13-10-19)34-16-15-30-23-8-6-5-7-22(23)29-26(30)18-28-27(31)20-11-14-24(32-2)25(17-20)33-3/h5-14,17H,4,15-16,18H2,1-3H3,(H,28,31). The third kappa shape index (κ3) is 5.14.